The Bertz CT molecular complexity index is 422. The van der Waals surface area contributed by atoms with Crippen LogP contribution in [0.1, 0.15) is 17.7 Å². The van der Waals surface area contributed by atoms with Gasteiger partial charge >= 0.3 is 6.18 Å². The van der Waals surface area contributed by atoms with Crippen molar-refractivity contribution in [1.82, 2.24) is 15.1 Å². The zero-order valence-corrected chi connectivity index (χ0v) is 10.2. The highest BCUT2D eigenvalue weighted by Gasteiger charge is 2.36. The number of halogens is 3. The highest BCUT2D eigenvalue weighted by atomic mass is 19.4. The van der Waals surface area contributed by atoms with E-state index in [9.17, 15) is 18.3 Å². The summed E-state index contributed by atoms with van der Waals surface area (Å²) in [5.41, 5.74) is -0.770. The van der Waals surface area contributed by atoms with E-state index in [0.29, 0.717) is 13.0 Å². The molecule has 1 fully saturated rings. The van der Waals surface area contributed by atoms with Crippen molar-refractivity contribution in [3.05, 3.63) is 17.5 Å². The molecule has 2 heterocycles. The molecule has 1 aromatic rings. The molecule has 0 radical (unpaired) electrons. The fraction of sp³-hybridized carbons (Fsp3) is 0.727. The van der Waals surface area contributed by atoms with Crippen LogP contribution in [0.3, 0.4) is 0 Å². The minimum atomic E-state index is -4.45. The first-order valence-corrected chi connectivity index (χ1v) is 6.02. The lowest BCUT2D eigenvalue weighted by Crippen LogP contribution is -2.44. The molecular formula is C11H16F3N3O2. The summed E-state index contributed by atoms with van der Waals surface area (Å²) in [7, 11) is 0. The molecule has 0 bridgehead atoms. The number of hydrogen-bond donors (Lipinski definition) is 3. The Balaban J connectivity index is 2.01. The maximum Gasteiger partial charge on any atom is 0.433 e. The van der Waals surface area contributed by atoms with Crippen molar-refractivity contribution in [2.24, 2.45) is 5.92 Å². The number of nitrogens with one attached hydrogen (secondary N) is 1. The van der Waals surface area contributed by atoms with Crippen LogP contribution in [-0.4, -0.2) is 51.1 Å². The molecule has 0 amide bonds. The maximum absolute atomic E-state index is 12.7. The van der Waals surface area contributed by atoms with Crippen molar-refractivity contribution >= 4 is 0 Å². The average molecular weight is 279 g/mol. The molecule has 1 aliphatic heterocycles. The summed E-state index contributed by atoms with van der Waals surface area (Å²) >= 11 is 0. The fourth-order valence-electron chi connectivity index (χ4n) is 2.32. The summed E-state index contributed by atoms with van der Waals surface area (Å²) in [6, 6.07) is 0. The molecule has 0 aliphatic carbocycles. The minimum absolute atomic E-state index is 0.0714. The predicted molar refractivity (Wildman–Crippen MR) is 60.1 cm³/mol. The largest absolute Gasteiger partial charge is 0.433 e. The number of aliphatic hydroxyl groups is 2. The molecule has 0 aromatic carbocycles. The minimum Gasteiger partial charge on any atom is -0.396 e. The van der Waals surface area contributed by atoms with Crippen molar-refractivity contribution in [3.8, 4) is 0 Å². The van der Waals surface area contributed by atoms with E-state index in [4.69, 9.17) is 5.11 Å². The Labute approximate surface area is 108 Å². The molecule has 2 rings (SSSR count). The zero-order chi connectivity index (χ0) is 14.0. The zero-order valence-electron chi connectivity index (χ0n) is 10.2. The monoisotopic (exact) mass is 279 g/mol. The SMILES string of the molecule is OCC1CCN(Cc2cn[nH]c2C(F)(F)F)CC1O. The fourth-order valence-corrected chi connectivity index (χ4v) is 2.32. The van der Waals surface area contributed by atoms with Crippen molar-refractivity contribution in [1.29, 1.82) is 0 Å². The number of piperidine rings is 1. The molecule has 19 heavy (non-hydrogen) atoms. The van der Waals surface area contributed by atoms with Crippen LogP contribution in [0.25, 0.3) is 0 Å². The Morgan fingerprint density at radius 2 is 2.21 bits per heavy atom. The molecule has 0 saturated carbocycles. The molecule has 1 aliphatic rings. The van der Waals surface area contributed by atoms with E-state index in [2.05, 4.69) is 5.10 Å². The number of H-pyrrole nitrogens is 1. The quantitative estimate of drug-likeness (QED) is 0.758. The van der Waals surface area contributed by atoms with Gasteiger partial charge in [0.2, 0.25) is 0 Å². The second-order valence-electron chi connectivity index (χ2n) is 4.80. The van der Waals surface area contributed by atoms with Crippen molar-refractivity contribution < 1.29 is 23.4 Å². The summed E-state index contributed by atoms with van der Waals surface area (Å²) in [6.07, 6.45) is -3.43. The van der Waals surface area contributed by atoms with Gasteiger partial charge in [-0.2, -0.15) is 18.3 Å². The van der Waals surface area contributed by atoms with Gasteiger partial charge in [-0.3, -0.25) is 10.00 Å². The lowest BCUT2D eigenvalue weighted by atomic mass is 9.94. The maximum atomic E-state index is 12.7. The predicted octanol–water partition coefficient (Wildman–Crippen LogP) is 0.604. The van der Waals surface area contributed by atoms with Gasteiger partial charge in [0.15, 0.2) is 0 Å². The number of nitrogens with zero attached hydrogens (tertiary/aromatic N) is 2. The first-order valence-electron chi connectivity index (χ1n) is 6.02. The number of rotatable bonds is 3. The number of aromatic amines is 1. The molecule has 0 spiro atoms. The van der Waals surface area contributed by atoms with E-state index in [1.54, 1.807) is 4.90 Å². The van der Waals surface area contributed by atoms with Crippen LogP contribution in [0.4, 0.5) is 13.2 Å². The Hall–Kier alpha value is -1.12. The summed E-state index contributed by atoms with van der Waals surface area (Å²) in [5.74, 6) is -0.192. The van der Waals surface area contributed by atoms with Gasteiger partial charge in [0.1, 0.15) is 5.69 Å². The average Bonchev–Trinajstić information content (AvgIpc) is 2.77. The molecule has 1 saturated heterocycles. The second-order valence-corrected chi connectivity index (χ2v) is 4.80. The third kappa shape index (κ3) is 3.26. The first-order chi connectivity index (χ1) is 8.91. The van der Waals surface area contributed by atoms with Gasteiger partial charge in [-0.1, -0.05) is 0 Å². The molecule has 2 atom stereocenters. The summed E-state index contributed by atoms with van der Waals surface area (Å²) in [4.78, 5) is 1.73. The van der Waals surface area contributed by atoms with Crippen LogP contribution in [0.2, 0.25) is 0 Å². The van der Waals surface area contributed by atoms with E-state index in [1.807, 2.05) is 5.10 Å². The molecule has 2 unspecified atom stereocenters. The van der Waals surface area contributed by atoms with E-state index in [0.717, 1.165) is 6.20 Å². The number of likely N-dealkylation sites (tertiary alicyclic amines) is 1. The standard InChI is InChI=1S/C11H16F3N3O2/c12-11(13,14)10-8(3-15-16-10)4-17-2-1-7(6-18)9(19)5-17/h3,7,9,18-19H,1-2,4-6H2,(H,15,16). The lowest BCUT2D eigenvalue weighted by molar-refractivity contribution is -0.142. The molecule has 1 aromatic heterocycles. The number of aromatic nitrogens is 2. The third-order valence-electron chi connectivity index (χ3n) is 3.44. The van der Waals surface area contributed by atoms with Crippen LogP contribution in [0.15, 0.2) is 6.20 Å². The van der Waals surface area contributed by atoms with Crippen LogP contribution in [-0.2, 0) is 12.7 Å². The number of alkyl halides is 3. The molecule has 3 N–H and O–H groups in total. The van der Waals surface area contributed by atoms with Crippen molar-refractivity contribution in [3.63, 3.8) is 0 Å². The van der Waals surface area contributed by atoms with E-state index < -0.39 is 18.0 Å². The topological polar surface area (TPSA) is 72.4 Å². The number of aliphatic hydroxyl groups excluding tert-OH is 2. The van der Waals surface area contributed by atoms with E-state index >= 15 is 0 Å². The third-order valence-corrected chi connectivity index (χ3v) is 3.44. The van der Waals surface area contributed by atoms with Crippen LogP contribution >= 0.6 is 0 Å². The van der Waals surface area contributed by atoms with Gasteiger partial charge in [0.05, 0.1) is 12.3 Å². The van der Waals surface area contributed by atoms with Gasteiger partial charge in [-0.05, 0) is 13.0 Å². The summed E-state index contributed by atoms with van der Waals surface area (Å²) in [6.45, 7) is 0.785. The van der Waals surface area contributed by atoms with Crippen molar-refractivity contribution in [2.75, 3.05) is 19.7 Å². The van der Waals surface area contributed by atoms with Crippen LogP contribution in [0.5, 0.6) is 0 Å². The highest BCUT2D eigenvalue weighted by Crippen LogP contribution is 2.31. The van der Waals surface area contributed by atoms with Gasteiger partial charge in [-0.15, -0.1) is 0 Å². The van der Waals surface area contributed by atoms with Crippen molar-refractivity contribution in [2.45, 2.75) is 25.2 Å². The molecular weight excluding hydrogens is 263 g/mol. The normalized spacial score (nSPS) is 25.7. The molecule has 5 nitrogen and oxygen atoms in total. The van der Waals surface area contributed by atoms with E-state index in [1.165, 1.54) is 0 Å². The number of β-amino-alcohol motifs (C(OH)–C–C–N with tert-alkyl or cyclic N) is 1. The van der Waals surface area contributed by atoms with Gasteiger partial charge in [0, 0.05) is 31.2 Å². The number of hydrogen-bond acceptors (Lipinski definition) is 4. The van der Waals surface area contributed by atoms with Gasteiger partial charge < -0.3 is 10.2 Å². The van der Waals surface area contributed by atoms with Gasteiger partial charge in [-0.25, -0.2) is 0 Å². The van der Waals surface area contributed by atoms with Gasteiger partial charge in [0.25, 0.3) is 0 Å². The summed E-state index contributed by atoms with van der Waals surface area (Å²) < 4.78 is 38.0. The Morgan fingerprint density at radius 3 is 2.79 bits per heavy atom. The van der Waals surface area contributed by atoms with Crippen LogP contribution < -0.4 is 0 Å². The smallest absolute Gasteiger partial charge is 0.396 e. The van der Waals surface area contributed by atoms with Crippen LogP contribution in [0, 0.1) is 5.92 Å². The summed E-state index contributed by atoms with van der Waals surface area (Å²) in [5, 5.41) is 24.2. The molecule has 8 heteroatoms. The lowest BCUT2D eigenvalue weighted by Gasteiger charge is -2.35. The first kappa shape index (κ1) is 14.3. The highest BCUT2D eigenvalue weighted by molar-refractivity contribution is 5.19. The second kappa shape index (κ2) is 5.48. The Kier molecular flexibility index (Phi) is 4.12. The Morgan fingerprint density at radius 1 is 1.47 bits per heavy atom. The molecule has 108 valence electrons. The van der Waals surface area contributed by atoms with E-state index in [-0.39, 0.29) is 31.2 Å².